The van der Waals surface area contributed by atoms with Gasteiger partial charge in [-0.1, -0.05) is 91.0 Å². The van der Waals surface area contributed by atoms with Crippen molar-refractivity contribution in [3.8, 4) is 5.75 Å². The van der Waals surface area contributed by atoms with Crippen molar-refractivity contribution in [3.63, 3.8) is 0 Å². The van der Waals surface area contributed by atoms with E-state index < -0.39 is 5.41 Å². The van der Waals surface area contributed by atoms with Gasteiger partial charge < -0.3 is 10.1 Å². The van der Waals surface area contributed by atoms with Gasteiger partial charge in [0.15, 0.2) is 0 Å². The Labute approximate surface area is 183 Å². The smallest absolute Gasteiger partial charge is 0.239 e. The summed E-state index contributed by atoms with van der Waals surface area (Å²) in [5, 5.41) is 3.16. The van der Waals surface area contributed by atoms with E-state index in [1.54, 1.807) is 7.11 Å². The van der Waals surface area contributed by atoms with E-state index in [9.17, 15) is 4.79 Å². The Bertz CT molecular complexity index is 1070. The van der Waals surface area contributed by atoms with Crippen LogP contribution in [0.1, 0.15) is 16.7 Å². The second-order valence-corrected chi connectivity index (χ2v) is 7.48. The number of carbonyl (C=O) groups is 1. The lowest BCUT2D eigenvalue weighted by Crippen LogP contribution is -2.43. The Balaban J connectivity index is 1.84. The second kappa shape index (κ2) is 9.31. The maximum absolute atomic E-state index is 14.1. The Kier molecular flexibility index (Phi) is 6.13. The van der Waals surface area contributed by atoms with Crippen molar-refractivity contribution in [2.75, 3.05) is 12.4 Å². The zero-order chi connectivity index (χ0) is 21.5. The predicted octanol–water partition coefficient (Wildman–Crippen LogP) is 5.86. The van der Waals surface area contributed by atoms with Crippen molar-refractivity contribution in [2.45, 2.75) is 11.8 Å². The summed E-state index contributed by atoms with van der Waals surface area (Å²) in [6, 6.07) is 37.6. The number of ether oxygens (including phenoxy) is 1. The van der Waals surface area contributed by atoms with Gasteiger partial charge in [0, 0.05) is 5.69 Å². The van der Waals surface area contributed by atoms with Crippen LogP contribution in [0.4, 0.5) is 5.69 Å². The largest absolute Gasteiger partial charge is 0.497 e. The molecule has 0 aliphatic carbocycles. The lowest BCUT2D eigenvalue weighted by Gasteiger charge is -2.34. The topological polar surface area (TPSA) is 38.3 Å². The first-order valence-electron chi connectivity index (χ1n) is 10.3. The monoisotopic (exact) mass is 407 g/mol. The molecule has 4 rings (SSSR count). The molecule has 1 N–H and O–H groups in total. The molecule has 0 fully saturated rings. The summed E-state index contributed by atoms with van der Waals surface area (Å²) in [6.07, 6.45) is 0.545. The Morgan fingerprint density at radius 2 is 1.19 bits per heavy atom. The summed E-state index contributed by atoms with van der Waals surface area (Å²) in [7, 11) is 1.63. The average Bonchev–Trinajstić information content (AvgIpc) is 2.84. The summed E-state index contributed by atoms with van der Waals surface area (Å²) in [5.41, 5.74) is 2.85. The molecule has 0 saturated heterocycles. The standard InChI is InChI=1S/C28H25NO2/c1-31-26-19-17-25(18-20-26)29-27(30)28(23-13-7-3-8-14-23,24-15-9-4-10-16-24)21-22-11-5-2-6-12-22/h2-20H,21H2,1H3,(H,29,30). The van der Waals surface area contributed by atoms with Crippen molar-refractivity contribution >= 4 is 11.6 Å². The van der Waals surface area contributed by atoms with Crippen LogP contribution in [0.3, 0.4) is 0 Å². The van der Waals surface area contributed by atoms with Crippen LogP contribution in [0.25, 0.3) is 0 Å². The van der Waals surface area contributed by atoms with Gasteiger partial charge in [-0.3, -0.25) is 4.79 Å². The molecule has 0 aliphatic heterocycles. The number of nitrogens with one attached hydrogen (secondary N) is 1. The van der Waals surface area contributed by atoms with Gasteiger partial charge in [0.2, 0.25) is 5.91 Å². The van der Waals surface area contributed by atoms with Crippen LogP contribution in [-0.2, 0) is 16.6 Å². The van der Waals surface area contributed by atoms with E-state index in [-0.39, 0.29) is 5.91 Å². The van der Waals surface area contributed by atoms with E-state index in [0.29, 0.717) is 6.42 Å². The minimum Gasteiger partial charge on any atom is -0.497 e. The van der Waals surface area contributed by atoms with Crippen LogP contribution in [0.15, 0.2) is 115 Å². The molecule has 4 aromatic rings. The summed E-state index contributed by atoms with van der Waals surface area (Å²) in [5.74, 6) is 0.679. The minimum absolute atomic E-state index is 0.0704. The first-order valence-corrected chi connectivity index (χ1v) is 10.3. The molecular formula is C28H25NO2. The molecule has 154 valence electrons. The number of rotatable bonds is 7. The SMILES string of the molecule is COc1ccc(NC(=O)C(Cc2ccccc2)(c2ccccc2)c2ccccc2)cc1. The van der Waals surface area contributed by atoms with Gasteiger partial charge in [-0.2, -0.15) is 0 Å². The second-order valence-electron chi connectivity index (χ2n) is 7.48. The highest BCUT2D eigenvalue weighted by Crippen LogP contribution is 2.37. The van der Waals surface area contributed by atoms with Gasteiger partial charge in [-0.05, 0) is 47.4 Å². The Morgan fingerprint density at radius 3 is 1.68 bits per heavy atom. The fourth-order valence-electron chi connectivity index (χ4n) is 3.97. The molecule has 0 heterocycles. The van der Waals surface area contributed by atoms with Crippen LogP contribution in [0.5, 0.6) is 5.75 Å². The third-order valence-electron chi connectivity index (χ3n) is 5.58. The Hall–Kier alpha value is -3.85. The number of amides is 1. The molecule has 31 heavy (non-hydrogen) atoms. The molecule has 3 heteroatoms. The molecule has 0 atom stereocenters. The molecule has 3 nitrogen and oxygen atoms in total. The molecular weight excluding hydrogens is 382 g/mol. The number of carbonyl (C=O) groups excluding carboxylic acids is 1. The average molecular weight is 408 g/mol. The number of hydrogen-bond acceptors (Lipinski definition) is 2. The van der Waals surface area contributed by atoms with E-state index in [1.165, 1.54) is 0 Å². The first kappa shape index (κ1) is 20.4. The molecule has 0 aliphatic rings. The molecule has 0 saturated carbocycles. The third-order valence-corrected chi connectivity index (χ3v) is 5.58. The molecule has 0 bridgehead atoms. The van der Waals surface area contributed by atoms with Gasteiger partial charge in [0.25, 0.3) is 0 Å². The Morgan fingerprint density at radius 1 is 0.710 bits per heavy atom. The molecule has 4 aromatic carbocycles. The van der Waals surface area contributed by atoms with Gasteiger partial charge in [-0.15, -0.1) is 0 Å². The van der Waals surface area contributed by atoms with Crippen LogP contribution >= 0.6 is 0 Å². The van der Waals surface area contributed by atoms with Crippen LogP contribution in [0.2, 0.25) is 0 Å². The summed E-state index contributed by atoms with van der Waals surface area (Å²) >= 11 is 0. The quantitative estimate of drug-likeness (QED) is 0.416. The zero-order valence-corrected chi connectivity index (χ0v) is 17.5. The van der Waals surface area contributed by atoms with Crippen molar-refractivity contribution < 1.29 is 9.53 Å². The molecule has 0 radical (unpaired) electrons. The van der Waals surface area contributed by atoms with Crippen molar-refractivity contribution in [3.05, 3.63) is 132 Å². The van der Waals surface area contributed by atoms with E-state index >= 15 is 0 Å². The minimum atomic E-state index is -0.885. The van der Waals surface area contributed by atoms with Gasteiger partial charge >= 0.3 is 0 Å². The molecule has 0 aromatic heterocycles. The highest BCUT2D eigenvalue weighted by atomic mass is 16.5. The highest BCUT2D eigenvalue weighted by Gasteiger charge is 2.42. The lowest BCUT2D eigenvalue weighted by atomic mass is 9.69. The van der Waals surface area contributed by atoms with E-state index in [2.05, 4.69) is 17.4 Å². The van der Waals surface area contributed by atoms with Crippen LogP contribution < -0.4 is 10.1 Å². The summed E-state index contributed by atoms with van der Waals surface area (Å²) in [4.78, 5) is 14.1. The lowest BCUT2D eigenvalue weighted by molar-refractivity contribution is -0.120. The fourth-order valence-corrected chi connectivity index (χ4v) is 3.97. The number of methoxy groups -OCH3 is 1. The zero-order valence-electron chi connectivity index (χ0n) is 17.5. The molecule has 0 unspecified atom stereocenters. The maximum atomic E-state index is 14.1. The number of benzene rings is 4. The van der Waals surface area contributed by atoms with Crippen molar-refractivity contribution in [2.24, 2.45) is 0 Å². The van der Waals surface area contributed by atoms with Crippen molar-refractivity contribution in [1.82, 2.24) is 0 Å². The van der Waals surface area contributed by atoms with Gasteiger partial charge in [-0.25, -0.2) is 0 Å². The predicted molar refractivity (Wildman–Crippen MR) is 125 cm³/mol. The summed E-state index contributed by atoms with van der Waals surface area (Å²) in [6.45, 7) is 0. The molecule has 0 spiro atoms. The number of hydrogen-bond donors (Lipinski definition) is 1. The van der Waals surface area contributed by atoms with Gasteiger partial charge in [0.1, 0.15) is 11.2 Å². The van der Waals surface area contributed by atoms with Gasteiger partial charge in [0.05, 0.1) is 7.11 Å². The maximum Gasteiger partial charge on any atom is 0.239 e. The molecule has 1 amide bonds. The first-order chi connectivity index (χ1) is 15.2. The summed E-state index contributed by atoms with van der Waals surface area (Å²) < 4.78 is 5.25. The number of anilines is 1. The van der Waals surface area contributed by atoms with E-state index in [4.69, 9.17) is 4.74 Å². The van der Waals surface area contributed by atoms with E-state index in [1.807, 2.05) is 103 Å². The van der Waals surface area contributed by atoms with Crippen molar-refractivity contribution in [1.29, 1.82) is 0 Å². The fraction of sp³-hybridized carbons (Fsp3) is 0.107. The van der Waals surface area contributed by atoms with E-state index in [0.717, 1.165) is 28.1 Å². The third kappa shape index (κ3) is 4.36. The van der Waals surface area contributed by atoms with Crippen LogP contribution in [-0.4, -0.2) is 13.0 Å². The normalized spacial score (nSPS) is 11.0. The van der Waals surface area contributed by atoms with Crippen LogP contribution in [0, 0.1) is 0 Å². The highest BCUT2D eigenvalue weighted by molar-refractivity contribution is 6.02.